The summed E-state index contributed by atoms with van der Waals surface area (Å²) in [4.78, 5) is 12.1. The largest absolute Gasteiger partial charge is 0.459 e. The number of amides is 1. The summed E-state index contributed by atoms with van der Waals surface area (Å²) in [6.45, 7) is 1.87. The van der Waals surface area contributed by atoms with Crippen LogP contribution in [0.5, 0.6) is 0 Å². The van der Waals surface area contributed by atoms with Gasteiger partial charge in [-0.1, -0.05) is 22.0 Å². The maximum Gasteiger partial charge on any atom is 0.292 e. The highest BCUT2D eigenvalue weighted by Crippen LogP contribution is 2.21. The van der Waals surface area contributed by atoms with Crippen molar-refractivity contribution in [1.29, 1.82) is 0 Å². The minimum absolute atomic E-state index is 0.259. The van der Waals surface area contributed by atoms with Gasteiger partial charge in [0, 0.05) is 10.5 Å². The quantitative estimate of drug-likeness (QED) is 0.785. The van der Waals surface area contributed by atoms with Crippen LogP contribution < -0.4 is 5.32 Å². The molecule has 21 heavy (non-hydrogen) atoms. The highest BCUT2D eigenvalue weighted by atomic mass is 79.9. The maximum atomic E-state index is 12.1. The van der Waals surface area contributed by atoms with Gasteiger partial charge in [-0.05, 0) is 37.3 Å². The molecule has 0 saturated carbocycles. The van der Waals surface area contributed by atoms with E-state index in [2.05, 4.69) is 26.3 Å². The van der Waals surface area contributed by atoms with Gasteiger partial charge in [0.15, 0.2) is 5.76 Å². The first kappa shape index (κ1) is 13.6. The number of hydrogen-bond donors (Lipinski definition) is 1. The number of benzene rings is 1. The molecule has 0 unspecified atom stereocenters. The summed E-state index contributed by atoms with van der Waals surface area (Å²) in [6, 6.07) is 12.8. The Labute approximate surface area is 129 Å². The van der Waals surface area contributed by atoms with Crippen molar-refractivity contribution in [2.45, 2.75) is 6.92 Å². The summed E-state index contributed by atoms with van der Waals surface area (Å²) < 4.78 is 7.71. The van der Waals surface area contributed by atoms with Crippen molar-refractivity contribution in [3.8, 4) is 5.69 Å². The molecule has 1 aromatic carbocycles. The fourth-order valence-electron chi connectivity index (χ4n) is 1.98. The molecule has 106 valence electrons. The van der Waals surface area contributed by atoms with E-state index in [4.69, 9.17) is 4.42 Å². The number of halogens is 1. The molecule has 3 rings (SSSR count). The number of carbonyl (C=O) groups excluding carboxylic acids is 1. The molecule has 0 fully saturated rings. The van der Waals surface area contributed by atoms with E-state index in [1.165, 1.54) is 6.26 Å². The van der Waals surface area contributed by atoms with Crippen molar-refractivity contribution in [2.75, 3.05) is 5.32 Å². The Kier molecular flexibility index (Phi) is 3.62. The van der Waals surface area contributed by atoms with Gasteiger partial charge >= 0.3 is 0 Å². The van der Waals surface area contributed by atoms with E-state index in [9.17, 15) is 4.79 Å². The van der Waals surface area contributed by atoms with Crippen LogP contribution in [0.25, 0.3) is 5.69 Å². The van der Waals surface area contributed by atoms with Crippen molar-refractivity contribution >= 4 is 27.7 Å². The number of nitrogens with zero attached hydrogens (tertiary/aromatic N) is 2. The van der Waals surface area contributed by atoms with E-state index in [1.807, 2.05) is 37.3 Å². The Morgan fingerprint density at radius 3 is 2.86 bits per heavy atom. The summed E-state index contributed by atoms with van der Waals surface area (Å²) in [5.74, 6) is 0.540. The van der Waals surface area contributed by atoms with Gasteiger partial charge in [-0.15, -0.1) is 0 Å². The second kappa shape index (κ2) is 5.57. The van der Waals surface area contributed by atoms with Crippen LogP contribution in [0.4, 0.5) is 5.82 Å². The second-order valence-corrected chi connectivity index (χ2v) is 5.41. The van der Waals surface area contributed by atoms with Gasteiger partial charge in [0.1, 0.15) is 5.82 Å². The zero-order valence-electron chi connectivity index (χ0n) is 11.2. The molecule has 0 aliphatic rings. The van der Waals surface area contributed by atoms with Crippen LogP contribution >= 0.6 is 15.9 Å². The Morgan fingerprint density at radius 1 is 1.29 bits per heavy atom. The SMILES string of the molecule is Cc1cc(NC(=O)c2ccco2)n(-c2cccc(Br)c2)n1. The first-order valence-corrected chi connectivity index (χ1v) is 7.10. The number of carbonyl (C=O) groups is 1. The number of nitrogens with one attached hydrogen (secondary N) is 1. The van der Waals surface area contributed by atoms with Crippen LogP contribution in [0.1, 0.15) is 16.2 Å². The van der Waals surface area contributed by atoms with Crippen molar-refractivity contribution in [2.24, 2.45) is 0 Å². The Balaban J connectivity index is 1.95. The molecule has 0 aliphatic heterocycles. The van der Waals surface area contributed by atoms with E-state index in [1.54, 1.807) is 16.8 Å². The lowest BCUT2D eigenvalue weighted by Crippen LogP contribution is -2.14. The Morgan fingerprint density at radius 2 is 2.14 bits per heavy atom. The van der Waals surface area contributed by atoms with E-state index < -0.39 is 0 Å². The summed E-state index contributed by atoms with van der Waals surface area (Å²) in [5, 5.41) is 7.21. The molecule has 0 spiro atoms. The molecule has 0 aliphatic carbocycles. The topological polar surface area (TPSA) is 60.1 Å². The summed E-state index contributed by atoms with van der Waals surface area (Å²) in [5.41, 5.74) is 1.66. The molecule has 0 bridgehead atoms. The van der Waals surface area contributed by atoms with Gasteiger partial charge in [-0.25, -0.2) is 4.68 Å². The van der Waals surface area contributed by atoms with Gasteiger partial charge in [0.25, 0.3) is 5.91 Å². The van der Waals surface area contributed by atoms with Crippen molar-refractivity contribution in [1.82, 2.24) is 9.78 Å². The fourth-order valence-corrected chi connectivity index (χ4v) is 2.37. The summed E-state index contributed by atoms with van der Waals surface area (Å²) >= 11 is 3.43. The van der Waals surface area contributed by atoms with Gasteiger partial charge in [0.05, 0.1) is 17.6 Å². The average Bonchev–Trinajstić information content (AvgIpc) is 3.08. The molecular formula is C15H12BrN3O2. The van der Waals surface area contributed by atoms with Gasteiger partial charge in [-0.3, -0.25) is 4.79 Å². The van der Waals surface area contributed by atoms with Gasteiger partial charge < -0.3 is 9.73 Å². The van der Waals surface area contributed by atoms with Gasteiger partial charge in [0.2, 0.25) is 0 Å². The number of hydrogen-bond acceptors (Lipinski definition) is 3. The van der Waals surface area contributed by atoms with Gasteiger partial charge in [-0.2, -0.15) is 5.10 Å². The van der Waals surface area contributed by atoms with Crippen molar-refractivity contribution in [3.05, 3.63) is 64.7 Å². The monoisotopic (exact) mass is 345 g/mol. The Bertz CT molecular complexity index is 778. The smallest absolute Gasteiger partial charge is 0.292 e. The van der Waals surface area contributed by atoms with Crippen LogP contribution in [0.15, 0.2) is 57.6 Å². The molecule has 0 saturated heterocycles. The Hall–Kier alpha value is -2.34. The van der Waals surface area contributed by atoms with E-state index in [-0.39, 0.29) is 11.7 Å². The van der Waals surface area contributed by atoms with Crippen molar-refractivity contribution in [3.63, 3.8) is 0 Å². The third kappa shape index (κ3) is 2.90. The fraction of sp³-hybridized carbons (Fsp3) is 0.0667. The second-order valence-electron chi connectivity index (χ2n) is 4.49. The minimum atomic E-state index is -0.309. The number of aromatic nitrogens is 2. The molecule has 0 atom stereocenters. The molecule has 0 radical (unpaired) electrons. The third-order valence-electron chi connectivity index (χ3n) is 2.87. The van der Waals surface area contributed by atoms with Crippen molar-refractivity contribution < 1.29 is 9.21 Å². The zero-order chi connectivity index (χ0) is 14.8. The van der Waals surface area contributed by atoms with E-state index in [0.717, 1.165) is 15.9 Å². The lowest BCUT2D eigenvalue weighted by atomic mass is 10.3. The van der Waals surface area contributed by atoms with E-state index >= 15 is 0 Å². The predicted molar refractivity (Wildman–Crippen MR) is 82.7 cm³/mol. The summed E-state index contributed by atoms with van der Waals surface area (Å²) in [6.07, 6.45) is 1.46. The molecular weight excluding hydrogens is 334 g/mol. The number of anilines is 1. The molecule has 6 heteroatoms. The number of aryl methyl sites for hydroxylation is 1. The normalized spacial score (nSPS) is 10.6. The highest BCUT2D eigenvalue weighted by Gasteiger charge is 2.14. The van der Waals surface area contributed by atoms with Crippen LogP contribution in [0, 0.1) is 6.92 Å². The summed E-state index contributed by atoms with van der Waals surface area (Å²) in [7, 11) is 0. The molecule has 2 heterocycles. The zero-order valence-corrected chi connectivity index (χ0v) is 12.8. The molecule has 3 aromatic rings. The van der Waals surface area contributed by atoms with Crippen LogP contribution in [-0.2, 0) is 0 Å². The predicted octanol–water partition coefficient (Wildman–Crippen LogP) is 3.79. The van der Waals surface area contributed by atoms with Crippen LogP contribution in [0.2, 0.25) is 0 Å². The van der Waals surface area contributed by atoms with Crippen LogP contribution in [0.3, 0.4) is 0 Å². The minimum Gasteiger partial charge on any atom is -0.459 e. The maximum absolute atomic E-state index is 12.1. The molecule has 1 N–H and O–H groups in total. The first-order valence-electron chi connectivity index (χ1n) is 6.31. The average molecular weight is 346 g/mol. The molecule has 5 nitrogen and oxygen atoms in total. The molecule has 2 aromatic heterocycles. The highest BCUT2D eigenvalue weighted by molar-refractivity contribution is 9.10. The lowest BCUT2D eigenvalue weighted by molar-refractivity contribution is 0.0996. The molecule has 1 amide bonds. The van der Waals surface area contributed by atoms with Crippen LogP contribution in [-0.4, -0.2) is 15.7 Å². The third-order valence-corrected chi connectivity index (χ3v) is 3.36. The number of rotatable bonds is 3. The lowest BCUT2D eigenvalue weighted by Gasteiger charge is -2.08. The number of furan rings is 1. The first-order chi connectivity index (χ1) is 10.1. The van der Waals surface area contributed by atoms with E-state index in [0.29, 0.717) is 5.82 Å². The standard InChI is InChI=1S/C15H12BrN3O2/c1-10-8-14(17-15(20)13-6-3-7-21-13)19(18-10)12-5-2-4-11(16)9-12/h2-9H,1H3,(H,17,20).